The van der Waals surface area contributed by atoms with Crippen LogP contribution in [0.1, 0.15) is 76.5 Å². The molecule has 62 heavy (non-hydrogen) atoms. The minimum absolute atomic E-state index is 0. The molecule has 2 atom stereocenters. The summed E-state index contributed by atoms with van der Waals surface area (Å²) in [6.45, 7) is 3.73. The summed E-state index contributed by atoms with van der Waals surface area (Å²) < 4.78 is 67.9. The normalized spacial score (nSPS) is 13.2. The molecule has 19 heteroatoms. The van der Waals surface area contributed by atoms with Crippen LogP contribution in [0.5, 0.6) is 11.5 Å². The Hall–Kier alpha value is -5.91. The maximum Gasteiger partial charge on any atom is 0.254 e. The molecule has 2 aromatic carbocycles. The fourth-order valence-electron chi connectivity index (χ4n) is 5.61. The van der Waals surface area contributed by atoms with Gasteiger partial charge in [-0.05, 0) is 76.2 Å². The predicted molar refractivity (Wildman–Crippen MR) is 246 cm³/mol. The fraction of sp³-hybridized carbons (Fsp3) is 0.302. The fourth-order valence-corrected chi connectivity index (χ4v) is 6.22. The van der Waals surface area contributed by atoms with Crippen LogP contribution < -0.4 is 31.2 Å². The van der Waals surface area contributed by atoms with Crippen molar-refractivity contribution < 1.29 is 36.8 Å². The smallest absolute Gasteiger partial charge is 0.254 e. The monoisotopic (exact) mass is 916 g/mol. The first kappa shape index (κ1) is 41.4. The summed E-state index contributed by atoms with van der Waals surface area (Å²) in [5.74, 6) is -0.511. The van der Waals surface area contributed by atoms with Crippen molar-refractivity contribution in [3.8, 4) is 34.0 Å². The van der Waals surface area contributed by atoms with Gasteiger partial charge < -0.3 is 40.6 Å². The summed E-state index contributed by atoms with van der Waals surface area (Å²) in [4.78, 5) is 31.4. The molecule has 0 aliphatic rings. The lowest BCUT2D eigenvalue weighted by Gasteiger charge is -2.16. The first-order valence-electron chi connectivity index (χ1n) is 21.4. The summed E-state index contributed by atoms with van der Waals surface area (Å²) in [5.41, 5.74) is 10.3. The number of nitrogen functional groups attached to an aromatic ring is 1. The highest BCUT2D eigenvalue weighted by Crippen LogP contribution is 2.38. The second kappa shape index (κ2) is 24.5. The highest BCUT2D eigenvalue weighted by Gasteiger charge is 2.18. The van der Waals surface area contributed by atoms with Crippen LogP contribution in [-0.2, 0) is 9.47 Å². The Bertz CT molecular complexity index is 2620. The van der Waals surface area contributed by atoms with Gasteiger partial charge in [-0.15, -0.1) is 0 Å². The number of anilines is 3. The molecule has 0 spiro atoms. The number of nitrogens with two attached hydrogens (primary N) is 1. The zero-order chi connectivity index (χ0) is 49.6. The molecule has 0 saturated carbocycles. The van der Waals surface area contributed by atoms with Gasteiger partial charge >= 0.3 is 0 Å². The topological polar surface area (TPSA) is 195 Å². The number of methoxy groups -OCH3 is 2. The molecule has 0 radical (unpaired) electrons. The molecule has 4 aromatic heterocycles. The average Bonchev–Trinajstić information content (AvgIpc) is 3.95. The number of rotatable bonds is 14. The van der Waals surface area contributed by atoms with Crippen LogP contribution in [0.3, 0.4) is 0 Å². The van der Waals surface area contributed by atoms with Gasteiger partial charge in [-0.2, -0.15) is 10.2 Å². The molecule has 0 fully saturated rings. The number of para-hydroxylation sites is 2. The summed E-state index contributed by atoms with van der Waals surface area (Å²) >= 11 is 17.2. The lowest BCUT2D eigenvalue weighted by atomic mass is 10.1. The lowest BCUT2D eigenvalue weighted by molar-refractivity contribution is 0.0159. The number of carbonyl (C=O) groups is 2. The Labute approximate surface area is 385 Å². The van der Waals surface area contributed by atoms with E-state index in [2.05, 4.69) is 25.5 Å². The third-order valence-electron chi connectivity index (χ3n) is 8.47. The van der Waals surface area contributed by atoms with Gasteiger partial charge in [0.1, 0.15) is 22.8 Å². The minimum atomic E-state index is -2.65. The van der Waals surface area contributed by atoms with Gasteiger partial charge in [0.2, 0.25) is 0 Å². The largest absolute Gasteiger partial charge is 0.494 e. The number of ether oxygens (including phenoxy) is 4. The van der Waals surface area contributed by atoms with Crippen molar-refractivity contribution in [2.45, 2.75) is 47.6 Å². The maximum absolute atomic E-state index is 12.5. The zero-order valence-electron chi connectivity index (χ0n) is 40.0. The third kappa shape index (κ3) is 13.0. The molecule has 6 rings (SSSR count). The van der Waals surface area contributed by atoms with E-state index in [9.17, 15) is 9.59 Å². The number of nitrogens with one attached hydrogen (secondary N) is 3. The van der Waals surface area contributed by atoms with Crippen molar-refractivity contribution in [1.29, 1.82) is 0 Å². The standard InChI is InChI=1S/C21H24ClN5O3.C14H19N3O2.C7H6Cl2N2O.CH4/c1-5-30-13(2)27-10-9-16(26-27)14-7-6-8-17(20(14)29-4)25-18-11-19(22)24-12-15(18)21(28)23-3;1-4-19-10(2)17-9-8-13(16-17)11-6-5-7-12(15)14(11)18-3;1-10-7(12)4-3-11-6(9)2-5(4)8;/h6-13H,5H2,1-4H3,(H,23,28)(H,24,25);5-10H,4,15H2,1-3H3;2-3H,1H3,(H,10,12);1H4/i3D3;;1D3;. The predicted octanol–water partition coefficient (Wildman–Crippen LogP) is 9.35. The number of aromatic nitrogens is 6. The van der Waals surface area contributed by atoms with Crippen LogP contribution in [0.25, 0.3) is 22.5 Å². The van der Waals surface area contributed by atoms with Crippen LogP contribution >= 0.6 is 34.8 Å². The molecule has 0 aliphatic heterocycles. The molecule has 4 heterocycles. The third-order valence-corrected chi connectivity index (χ3v) is 9.20. The SMILES string of the molecule is C.CCOC(C)n1ccc(-c2cccc(N)c2OC)n1.[2H]C([2H])([2H])NC(=O)c1cnc(Cl)cc1Cl.[2H]C([2H])([2H])NC(=O)c1cnc(Cl)cc1Nc1cccc(-c2ccn(C(C)OCC)n2)c1OC. The van der Waals surface area contributed by atoms with Crippen molar-refractivity contribution in [2.24, 2.45) is 0 Å². The van der Waals surface area contributed by atoms with Crippen molar-refractivity contribution in [2.75, 3.05) is 52.4 Å². The van der Waals surface area contributed by atoms with E-state index in [1.54, 1.807) is 33.9 Å². The number of hydrogen-bond acceptors (Lipinski definition) is 12. The molecule has 16 nitrogen and oxygen atoms in total. The number of pyridine rings is 2. The molecular weight excluding hydrogens is 859 g/mol. The lowest BCUT2D eigenvalue weighted by Crippen LogP contribution is -2.19. The molecule has 5 N–H and O–H groups in total. The molecule has 332 valence electrons. The van der Waals surface area contributed by atoms with E-state index in [0.717, 1.165) is 17.5 Å². The highest BCUT2D eigenvalue weighted by atomic mass is 35.5. The van der Waals surface area contributed by atoms with Gasteiger partial charge in [-0.25, -0.2) is 19.3 Å². The van der Waals surface area contributed by atoms with E-state index in [1.165, 1.54) is 25.4 Å². The zero-order valence-corrected chi connectivity index (χ0v) is 36.3. The van der Waals surface area contributed by atoms with E-state index in [4.69, 9.17) is 67.7 Å². The molecule has 0 bridgehead atoms. The molecule has 0 saturated heterocycles. The van der Waals surface area contributed by atoms with Crippen molar-refractivity contribution in [3.63, 3.8) is 0 Å². The number of nitrogens with zero attached hydrogens (tertiary/aromatic N) is 6. The van der Waals surface area contributed by atoms with Crippen LogP contribution in [0.15, 0.2) is 85.5 Å². The van der Waals surface area contributed by atoms with Crippen LogP contribution in [0.2, 0.25) is 15.3 Å². The van der Waals surface area contributed by atoms with Gasteiger partial charge in [0, 0.05) is 71.3 Å². The molecule has 2 unspecified atom stereocenters. The average molecular weight is 918 g/mol. The number of benzene rings is 2. The highest BCUT2D eigenvalue weighted by molar-refractivity contribution is 6.36. The van der Waals surface area contributed by atoms with Gasteiger partial charge in [0.25, 0.3) is 11.8 Å². The van der Waals surface area contributed by atoms with Crippen molar-refractivity contribution >= 4 is 63.7 Å². The van der Waals surface area contributed by atoms with E-state index in [0.29, 0.717) is 47.3 Å². The Balaban J connectivity index is 0.000000296. The summed E-state index contributed by atoms with van der Waals surface area (Å²) in [6.07, 6.45) is 5.71. The summed E-state index contributed by atoms with van der Waals surface area (Å²) in [5, 5.41) is 16.2. The van der Waals surface area contributed by atoms with Gasteiger partial charge in [-0.3, -0.25) is 9.59 Å². The van der Waals surface area contributed by atoms with Crippen LogP contribution in [0, 0.1) is 0 Å². The quantitative estimate of drug-likeness (QED) is 0.0598. The van der Waals surface area contributed by atoms with E-state index in [1.807, 2.05) is 81.8 Å². The van der Waals surface area contributed by atoms with Crippen molar-refractivity contribution in [3.05, 3.63) is 112 Å². The van der Waals surface area contributed by atoms with Crippen LogP contribution in [0.4, 0.5) is 17.1 Å². The van der Waals surface area contributed by atoms with Crippen LogP contribution in [-0.4, -0.2) is 82.7 Å². The summed E-state index contributed by atoms with van der Waals surface area (Å²) in [7, 11) is 3.13. The summed E-state index contributed by atoms with van der Waals surface area (Å²) in [6, 6.07) is 17.5. The maximum atomic E-state index is 12.5. The van der Waals surface area contributed by atoms with E-state index >= 15 is 0 Å². The molecule has 0 aliphatic carbocycles. The second-order valence-electron chi connectivity index (χ2n) is 12.4. The Morgan fingerprint density at radius 3 is 1.76 bits per heavy atom. The van der Waals surface area contributed by atoms with Gasteiger partial charge in [-0.1, -0.05) is 54.4 Å². The van der Waals surface area contributed by atoms with Gasteiger partial charge in [0.05, 0.1) is 58.8 Å². The number of amides is 2. The second-order valence-corrected chi connectivity index (χ2v) is 13.5. The Morgan fingerprint density at radius 2 is 1.24 bits per heavy atom. The molecule has 6 aromatic rings. The van der Waals surface area contributed by atoms with Crippen molar-refractivity contribution in [1.82, 2.24) is 40.2 Å². The first-order chi connectivity index (χ1) is 31.6. The van der Waals surface area contributed by atoms with E-state index < -0.39 is 25.8 Å². The van der Waals surface area contributed by atoms with Gasteiger partial charge in [0.15, 0.2) is 11.5 Å². The van der Waals surface area contributed by atoms with E-state index in [-0.39, 0.29) is 52.0 Å². The number of halogens is 3. The Morgan fingerprint density at radius 1 is 0.742 bits per heavy atom. The molecular formula is C43H53Cl3N10O6. The first-order valence-corrected chi connectivity index (χ1v) is 19.5. The Kier molecular flexibility index (Phi) is 16.4. The molecule has 2 amide bonds. The number of hydrogen-bond donors (Lipinski definition) is 4. The number of carbonyl (C=O) groups excluding carboxylic acids is 2. The minimum Gasteiger partial charge on any atom is -0.494 e.